The van der Waals surface area contributed by atoms with Gasteiger partial charge in [-0.25, -0.2) is 0 Å². The third-order valence-electron chi connectivity index (χ3n) is 3.39. The van der Waals surface area contributed by atoms with Gasteiger partial charge in [0.05, 0.1) is 5.56 Å². The number of hydrogen-bond acceptors (Lipinski definition) is 3. The Bertz CT molecular complexity index is 621. The quantitative estimate of drug-likeness (QED) is 0.868. The lowest BCUT2D eigenvalue weighted by molar-refractivity contribution is 0.0769. The fourth-order valence-electron chi connectivity index (χ4n) is 2.34. The van der Waals surface area contributed by atoms with Gasteiger partial charge in [0.15, 0.2) is 0 Å². The molecule has 0 spiro atoms. The summed E-state index contributed by atoms with van der Waals surface area (Å²) in [4.78, 5) is 14.2. The zero-order valence-electron chi connectivity index (χ0n) is 10.5. The number of rotatable bonds is 1. The molecule has 0 unspecified atom stereocenters. The van der Waals surface area contributed by atoms with E-state index in [1.165, 1.54) is 0 Å². The van der Waals surface area contributed by atoms with Crippen LogP contribution in [0, 0.1) is 0 Å². The van der Waals surface area contributed by atoms with Gasteiger partial charge in [-0.3, -0.25) is 4.79 Å². The van der Waals surface area contributed by atoms with Crippen molar-refractivity contribution < 1.29 is 9.90 Å². The maximum atomic E-state index is 12.4. The third kappa shape index (κ3) is 2.40. The first-order valence-electron chi connectivity index (χ1n) is 6.34. The molecule has 0 bridgehead atoms. The molecule has 2 aromatic rings. The molecule has 19 heavy (non-hydrogen) atoms. The molecule has 1 N–H and O–H groups in total. The molecule has 1 saturated heterocycles. The van der Waals surface area contributed by atoms with Gasteiger partial charge in [-0.2, -0.15) is 11.8 Å². The van der Waals surface area contributed by atoms with E-state index in [0.717, 1.165) is 35.4 Å². The minimum atomic E-state index is -0.0662. The monoisotopic (exact) mass is 273 g/mol. The van der Waals surface area contributed by atoms with E-state index in [4.69, 9.17) is 0 Å². The van der Waals surface area contributed by atoms with Gasteiger partial charge in [0.25, 0.3) is 5.91 Å². The fourth-order valence-corrected chi connectivity index (χ4v) is 3.24. The second kappa shape index (κ2) is 5.13. The predicted octanol–water partition coefficient (Wildman–Crippen LogP) is 2.73. The first-order chi connectivity index (χ1) is 9.25. The molecule has 2 aromatic carbocycles. The Labute approximate surface area is 116 Å². The number of carbonyl (C=O) groups is 1. The van der Waals surface area contributed by atoms with Crippen LogP contribution in [0.4, 0.5) is 0 Å². The number of amides is 1. The molecule has 1 heterocycles. The number of fused-ring (bicyclic) bond motifs is 1. The molecule has 1 aliphatic rings. The average Bonchev–Trinajstić information content (AvgIpc) is 2.47. The van der Waals surface area contributed by atoms with Gasteiger partial charge in [0, 0.05) is 24.6 Å². The summed E-state index contributed by atoms with van der Waals surface area (Å²) in [6.07, 6.45) is 0. The second-order valence-corrected chi connectivity index (χ2v) is 5.85. The lowest BCUT2D eigenvalue weighted by atomic mass is 10.0. The Balaban J connectivity index is 1.99. The summed E-state index contributed by atoms with van der Waals surface area (Å²) in [5.41, 5.74) is 0.408. The second-order valence-electron chi connectivity index (χ2n) is 4.62. The minimum absolute atomic E-state index is 0.0662. The number of hydrogen-bond donors (Lipinski definition) is 1. The fraction of sp³-hybridized carbons (Fsp3) is 0.267. The Morgan fingerprint density at radius 3 is 2.42 bits per heavy atom. The number of phenols is 1. The molecule has 0 aliphatic carbocycles. The van der Waals surface area contributed by atoms with Crippen molar-refractivity contribution in [2.75, 3.05) is 24.6 Å². The summed E-state index contributed by atoms with van der Waals surface area (Å²) in [7, 11) is 0. The van der Waals surface area contributed by atoms with Crippen LogP contribution in [0.1, 0.15) is 10.4 Å². The molecule has 0 saturated carbocycles. The molecular formula is C15H15NO2S. The van der Waals surface area contributed by atoms with Crippen LogP contribution >= 0.6 is 11.8 Å². The summed E-state index contributed by atoms with van der Waals surface area (Å²) in [5, 5.41) is 12.0. The van der Waals surface area contributed by atoms with E-state index in [-0.39, 0.29) is 11.7 Å². The molecule has 3 nitrogen and oxygen atoms in total. The van der Waals surface area contributed by atoms with E-state index in [1.807, 2.05) is 40.9 Å². The molecular weight excluding hydrogens is 258 g/mol. The molecule has 0 aromatic heterocycles. The van der Waals surface area contributed by atoms with Gasteiger partial charge in [-0.1, -0.05) is 24.3 Å². The standard InChI is InChI=1S/C15H15NO2S/c17-14-10-12-4-2-1-3-11(12)9-13(14)15(18)16-5-7-19-8-6-16/h1-4,9-10,17H,5-8H2. The van der Waals surface area contributed by atoms with Crippen molar-refractivity contribution >= 4 is 28.4 Å². The highest BCUT2D eigenvalue weighted by atomic mass is 32.2. The number of nitrogens with zero attached hydrogens (tertiary/aromatic N) is 1. The molecule has 0 radical (unpaired) electrons. The van der Waals surface area contributed by atoms with E-state index in [9.17, 15) is 9.90 Å². The van der Waals surface area contributed by atoms with Gasteiger partial charge in [-0.15, -0.1) is 0 Å². The van der Waals surface area contributed by atoms with E-state index >= 15 is 0 Å². The SMILES string of the molecule is O=C(c1cc2ccccc2cc1O)N1CCSCC1. The summed E-state index contributed by atoms with van der Waals surface area (Å²) < 4.78 is 0. The topological polar surface area (TPSA) is 40.5 Å². The van der Waals surface area contributed by atoms with Crippen LogP contribution in [0.3, 0.4) is 0 Å². The largest absolute Gasteiger partial charge is 0.507 e. The van der Waals surface area contributed by atoms with Crippen molar-refractivity contribution in [3.8, 4) is 5.75 Å². The molecule has 0 atom stereocenters. The zero-order valence-corrected chi connectivity index (χ0v) is 11.3. The van der Waals surface area contributed by atoms with Crippen LogP contribution in [0.2, 0.25) is 0 Å². The van der Waals surface area contributed by atoms with Crippen LogP contribution in [-0.2, 0) is 0 Å². The van der Waals surface area contributed by atoms with Crippen molar-refractivity contribution in [1.82, 2.24) is 4.90 Å². The predicted molar refractivity (Wildman–Crippen MR) is 78.8 cm³/mol. The van der Waals surface area contributed by atoms with Crippen molar-refractivity contribution in [3.05, 3.63) is 42.0 Å². The van der Waals surface area contributed by atoms with Crippen LogP contribution in [-0.4, -0.2) is 40.5 Å². The molecule has 3 rings (SSSR count). The first kappa shape index (κ1) is 12.4. The highest BCUT2D eigenvalue weighted by Crippen LogP contribution is 2.26. The van der Waals surface area contributed by atoms with Crippen LogP contribution < -0.4 is 0 Å². The first-order valence-corrected chi connectivity index (χ1v) is 7.50. The number of aromatic hydroxyl groups is 1. The van der Waals surface area contributed by atoms with Crippen LogP contribution in [0.25, 0.3) is 10.8 Å². The Kier molecular flexibility index (Phi) is 3.34. The Morgan fingerprint density at radius 2 is 1.74 bits per heavy atom. The van der Waals surface area contributed by atoms with Gasteiger partial charge < -0.3 is 10.0 Å². The summed E-state index contributed by atoms with van der Waals surface area (Å²) in [6, 6.07) is 11.2. The van der Waals surface area contributed by atoms with E-state index in [1.54, 1.807) is 12.1 Å². The van der Waals surface area contributed by atoms with Gasteiger partial charge >= 0.3 is 0 Å². The van der Waals surface area contributed by atoms with Crippen molar-refractivity contribution in [3.63, 3.8) is 0 Å². The van der Waals surface area contributed by atoms with Crippen LogP contribution in [0.15, 0.2) is 36.4 Å². The normalized spacial score (nSPS) is 15.7. The van der Waals surface area contributed by atoms with Crippen molar-refractivity contribution in [2.45, 2.75) is 0 Å². The lowest BCUT2D eigenvalue weighted by Gasteiger charge is -2.26. The minimum Gasteiger partial charge on any atom is -0.507 e. The van der Waals surface area contributed by atoms with E-state index in [2.05, 4.69) is 0 Å². The molecule has 98 valence electrons. The highest BCUT2D eigenvalue weighted by molar-refractivity contribution is 7.99. The molecule has 1 fully saturated rings. The third-order valence-corrected chi connectivity index (χ3v) is 4.34. The Hall–Kier alpha value is -1.68. The zero-order chi connectivity index (χ0) is 13.2. The molecule has 1 amide bonds. The Morgan fingerprint density at radius 1 is 1.11 bits per heavy atom. The smallest absolute Gasteiger partial charge is 0.257 e. The summed E-state index contributed by atoms with van der Waals surface area (Å²) >= 11 is 1.86. The number of carbonyl (C=O) groups excluding carboxylic acids is 1. The number of benzene rings is 2. The van der Waals surface area contributed by atoms with Gasteiger partial charge in [0.2, 0.25) is 0 Å². The average molecular weight is 273 g/mol. The summed E-state index contributed by atoms with van der Waals surface area (Å²) in [6.45, 7) is 1.52. The maximum absolute atomic E-state index is 12.4. The van der Waals surface area contributed by atoms with Gasteiger partial charge in [0.1, 0.15) is 5.75 Å². The van der Waals surface area contributed by atoms with Crippen LogP contribution in [0.5, 0.6) is 5.75 Å². The summed E-state index contributed by atoms with van der Waals surface area (Å²) in [5.74, 6) is 1.95. The number of phenolic OH excluding ortho intramolecular Hbond substituents is 1. The van der Waals surface area contributed by atoms with E-state index < -0.39 is 0 Å². The molecule has 1 aliphatic heterocycles. The lowest BCUT2D eigenvalue weighted by Crippen LogP contribution is -2.37. The number of thioether (sulfide) groups is 1. The molecule has 4 heteroatoms. The van der Waals surface area contributed by atoms with Gasteiger partial charge in [-0.05, 0) is 22.9 Å². The van der Waals surface area contributed by atoms with E-state index in [0.29, 0.717) is 5.56 Å². The maximum Gasteiger partial charge on any atom is 0.257 e. The van der Waals surface area contributed by atoms with Crippen molar-refractivity contribution in [1.29, 1.82) is 0 Å². The highest BCUT2D eigenvalue weighted by Gasteiger charge is 2.21. The van der Waals surface area contributed by atoms with Crippen molar-refractivity contribution in [2.24, 2.45) is 0 Å².